The minimum absolute atomic E-state index is 0.0115. The van der Waals surface area contributed by atoms with Gasteiger partial charge in [0, 0.05) is 61.9 Å². The highest BCUT2D eigenvalue weighted by Crippen LogP contribution is 2.35. The highest BCUT2D eigenvalue weighted by molar-refractivity contribution is 5.82. The van der Waals surface area contributed by atoms with Gasteiger partial charge in [0.05, 0.1) is 11.3 Å². The fourth-order valence-corrected chi connectivity index (χ4v) is 3.68. The van der Waals surface area contributed by atoms with Crippen LogP contribution in [0.15, 0.2) is 67.3 Å². The van der Waals surface area contributed by atoms with Crippen LogP contribution in [0, 0.1) is 6.92 Å². The summed E-state index contributed by atoms with van der Waals surface area (Å²) >= 11 is 0. The molecule has 9 heteroatoms. The summed E-state index contributed by atoms with van der Waals surface area (Å²) in [6.07, 6.45) is 3.80. The third-order valence-corrected chi connectivity index (χ3v) is 5.83. The SMILES string of the molecule is CC.CC.CC(=O)N(C)/C=C(\C)c1cc(-c2cnc3[nH]ccc3c2)ccn1.CCCNc1ccc(C)cc1C(F)(F)F. The van der Waals surface area contributed by atoms with Crippen LogP contribution in [-0.4, -0.2) is 39.4 Å². The fraction of sp³-hybridized carbons (Fsp3) is 0.364. The number of anilines is 1. The second kappa shape index (κ2) is 17.6. The average Bonchev–Trinajstić information content (AvgIpc) is 3.46. The smallest absolute Gasteiger partial charge is 0.385 e. The lowest BCUT2D eigenvalue weighted by molar-refractivity contribution is -0.137. The first-order valence-electron chi connectivity index (χ1n) is 14.2. The topological polar surface area (TPSA) is 73.9 Å². The van der Waals surface area contributed by atoms with Gasteiger partial charge in [0.15, 0.2) is 0 Å². The number of allylic oxidation sites excluding steroid dienone is 1. The number of hydrogen-bond donors (Lipinski definition) is 2. The van der Waals surface area contributed by atoms with Crippen molar-refractivity contribution in [3.63, 3.8) is 0 Å². The zero-order chi connectivity index (χ0) is 31.9. The Kier molecular flexibility index (Phi) is 15.1. The number of halogens is 3. The Bertz CT molecular complexity index is 1430. The third kappa shape index (κ3) is 10.7. The van der Waals surface area contributed by atoms with Crippen LogP contribution in [0.1, 0.15) is 71.7 Å². The molecule has 0 aliphatic heterocycles. The number of aromatic amines is 1. The van der Waals surface area contributed by atoms with Crippen LogP contribution in [0.3, 0.4) is 0 Å². The normalized spacial score (nSPS) is 10.8. The molecule has 0 atom stereocenters. The van der Waals surface area contributed by atoms with E-state index in [0.29, 0.717) is 12.1 Å². The van der Waals surface area contributed by atoms with E-state index in [1.807, 2.05) is 72.1 Å². The number of nitrogens with one attached hydrogen (secondary N) is 2. The van der Waals surface area contributed by atoms with Gasteiger partial charge in [-0.2, -0.15) is 13.2 Å². The largest absolute Gasteiger partial charge is 0.418 e. The monoisotopic (exact) mass is 583 g/mol. The van der Waals surface area contributed by atoms with E-state index in [-0.39, 0.29) is 11.6 Å². The molecule has 2 N–H and O–H groups in total. The van der Waals surface area contributed by atoms with Crippen molar-refractivity contribution in [2.45, 2.75) is 68.0 Å². The van der Waals surface area contributed by atoms with Gasteiger partial charge >= 0.3 is 6.18 Å². The molecule has 3 heterocycles. The molecule has 0 radical (unpaired) electrons. The zero-order valence-electron chi connectivity index (χ0n) is 26.1. The van der Waals surface area contributed by atoms with Crippen LogP contribution in [0.5, 0.6) is 0 Å². The summed E-state index contributed by atoms with van der Waals surface area (Å²) in [6, 6.07) is 12.4. The van der Waals surface area contributed by atoms with Gasteiger partial charge in [-0.3, -0.25) is 9.78 Å². The lowest BCUT2D eigenvalue weighted by Gasteiger charge is -2.14. The van der Waals surface area contributed by atoms with E-state index in [0.717, 1.165) is 45.9 Å². The quantitative estimate of drug-likeness (QED) is 0.237. The summed E-state index contributed by atoms with van der Waals surface area (Å²) < 4.78 is 37.8. The second-order valence-corrected chi connectivity index (χ2v) is 8.98. The minimum Gasteiger partial charge on any atom is -0.385 e. The first kappa shape index (κ1) is 35.9. The number of nitrogens with zero attached hydrogens (tertiary/aromatic N) is 3. The van der Waals surface area contributed by atoms with E-state index >= 15 is 0 Å². The molecule has 4 aromatic rings. The number of hydrogen-bond acceptors (Lipinski definition) is 4. The lowest BCUT2D eigenvalue weighted by atomic mass is 10.1. The predicted octanol–water partition coefficient (Wildman–Crippen LogP) is 9.35. The molecule has 6 nitrogen and oxygen atoms in total. The molecular formula is C33H44F3N5O. The number of carbonyl (C=O) groups is 1. The van der Waals surface area contributed by atoms with E-state index in [1.165, 1.54) is 13.0 Å². The van der Waals surface area contributed by atoms with Crippen LogP contribution < -0.4 is 5.32 Å². The molecule has 1 amide bonds. The van der Waals surface area contributed by atoms with E-state index in [2.05, 4.69) is 26.3 Å². The van der Waals surface area contributed by atoms with Crippen molar-refractivity contribution in [3.05, 3.63) is 84.1 Å². The van der Waals surface area contributed by atoms with Crippen molar-refractivity contribution in [2.24, 2.45) is 0 Å². The first-order chi connectivity index (χ1) is 20.0. The second-order valence-electron chi connectivity index (χ2n) is 8.98. The van der Waals surface area contributed by atoms with E-state index < -0.39 is 11.7 Å². The van der Waals surface area contributed by atoms with Crippen molar-refractivity contribution in [1.29, 1.82) is 0 Å². The Hall–Kier alpha value is -4.14. The van der Waals surface area contributed by atoms with Gasteiger partial charge in [-0.05, 0) is 67.8 Å². The maximum absolute atomic E-state index is 12.6. The molecule has 228 valence electrons. The number of carbonyl (C=O) groups excluding carboxylic acids is 1. The molecule has 42 heavy (non-hydrogen) atoms. The average molecular weight is 584 g/mol. The van der Waals surface area contributed by atoms with Crippen molar-refractivity contribution in [2.75, 3.05) is 18.9 Å². The van der Waals surface area contributed by atoms with Gasteiger partial charge < -0.3 is 15.2 Å². The van der Waals surface area contributed by atoms with Gasteiger partial charge in [-0.1, -0.05) is 46.2 Å². The maximum Gasteiger partial charge on any atom is 0.418 e. The highest BCUT2D eigenvalue weighted by Gasteiger charge is 2.33. The Morgan fingerprint density at radius 1 is 1.00 bits per heavy atom. The molecule has 0 saturated heterocycles. The molecule has 0 fully saturated rings. The van der Waals surface area contributed by atoms with E-state index in [1.54, 1.807) is 37.3 Å². The molecule has 0 spiro atoms. The molecule has 1 aromatic carbocycles. The minimum atomic E-state index is -4.29. The van der Waals surface area contributed by atoms with E-state index in [9.17, 15) is 18.0 Å². The molecular weight excluding hydrogens is 539 g/mol. The lowest BCUT2D eigenvalue weighted by Crippen LogP contribution is -2.17. The summed E-state index contributed by atoms with van der Waals surface area (Å²) in [6.45, 7) is 15.6. The number of fused-ring (bicyclic) bond motifs is 1. The number of rotatable bonds is 6. The van der Waals surface area contributed by atoms with Crippen molar-refractivity contribution in [1.82, 2.24) is 19.9 Å². The van der Waals surface area contributed by atoms with Crippen LogP contribution >= 0.6 is 0 Å². The molecule has 0 saturated carbocycles. The summed E-state index contributed by atoms with van der Waals surface area (Å²) in [5, 5.41) is 3.85. The Labute approximate surface area is 248 Å². The van der Waals surface area contributed by atoms with Crippen molar-refractivity contribution >= 4 is 28.2 Å². The van der Waals surface area contributed by atoms with E-state index in [4.69, 9.17) is 0 Å². The highest BCUT2D eigenvalue weighted by atomic mass is 19.4. The number of amides is 1. The first-order valence-corrected chi connectivity index (χ1v) is 14.2. The summed E-state index contributed by atoms with van der Waals surface area (Å²) in [5.74, 6) is -0.0115. The third-order valence-electron chi connectivity index (χ3n) is 5.83. The van der Waals surface area contributed by atoms with Gasteiger partial charge in [0.25, 0.3) is 0 Å². The molecule has 4 rings (SSSR count). The van der Waals surface area contributed by atoms with Gasteiger partial charge in [-0.25, -0.2) is 4.98 Å². The van der Waals surface area contributed by atoms with Gasteiger partial charge in [0.2, 0.25) is 5.91 Å². The number of alkyl halides is 3. The molecule has 0 unspecified atom stereocenters. The molecule has 3 aromatic heterocycles. The number of benzene rings is 1. The van der Waals surface area contributed by atoms with Crippen LogP contribution in [0.2, 0.25) is 0 Å². The summed E-state index contributed by atoms with van der Waals surface area (Å²) in [7, 11) is 1.74. The van der Waals surface area contributed by atoms with Crippen molar-refractivity contribution in [3.8, 4) is 11.1 Å². The van der Waals surface area contributed by atoms with Crippen molar-refractivity contribution < 1.29 is 18.0 Å². The molecule has 0 aliphatic rings. The Morgan fingerprint density at radius 3 is 2.31 bits per heavy atom. The zero-order valence-corrected chi connectivity index (χ0v) is 26.1. The molecule has 0 bridgehead atoms. The number of pyridine rings is 2. The van der Waals surface area contributed by atoms with Crippen LogP contribution in [0.25, 0.3) is 27.7 Å². The Balaban J connectivity index is 0.000000403. The summed E-state index contributed by atoms with van der Waals surface area (Å²) in [5.41, 5.74) is 4.92. The maximum atomic E-state index is 12.6. The van der Waals surface area contributed by atoms with Gasteiger partial charge in [0.1, 0.15) is 5.65 Å². The number of aromatic nitrogens is 3. The summed E-state index contributed by atoms with van der Waals surface area (Å²) in [4.78, 5) is 24.8. The molecule has 0 aliphatic carbocycles. The number of H-pyrrole nitrogens is 1. The Morgan fingerprint density at radius 2 is 1.69 bits per heavy atom. The van der Waals surface area contributed by atoms with Crippen LogP contribution in [0.4, 0.5) is 18.9 Å². The predicted molar refractivity (Wildman–Crippen MR) is 169 cm³/mol. The van der Waals surface area contributed by atoms with Crippen LogP contribution in [-0.2, 0) is 11.0 Å². The number of aryl methyl sites for hydroxylation is 1. The fourth-order valence-electron chi connectivity index (χ4n) is 3.68. The standard InChI is InChI=1S/C18H18N4O.C11H14F3N.2C2H6/c1-12(11-22(3)13(2)23)17-9-14(4-6-19-17)16-8-15-5-7-20-18(15)21-10-16;1-3-6-15-10-5-4-8(2)7-9(10)11(12,13)14;2*1-2/h4-11H,1-3H3,(H,20,21);4-5,7,15H,3,6H2,1-2H3;2*1-2H3/b12-11+;;;. The van der Waals surface area contributed by atoms with Gasteiger partial charge in [-0.15, -0.1) is 0 Å².